The summed E-state index contributed by atoms with van der Waals surface area (Å²) in [5.74, 6) is -0.428. The first kappa shape index (κ1) is 21.9. The van der Waals surface area contributed by atoms with Crippen molar-refractivity contribution < 1.29 is 13.2 Å². The number of halogens is 1. The monoisotopic (exact) mass is 442 g/mol. The Morgan fingerprint density at radius 1 is 0.967 bits per heavy atom. The van der Waals surface area contributed by atoms with Crippen LogP contribution in [0.25, 0.3) is 0 Å². The van der Waals surface area contributed by atoms with Crippen molar-refractivity contribution in [1.82, 2.24) is 5.32 Å². The number of amides is 1. The molecule has 3 aromatic carbocycles. The second-order valence-corrected chi connectivity index (χ2v) is 9.25. The van der Waals surface area contributed by atoms with Gasteiger partial charge in [-0.15, -0.1) is 0 Å². The van der Waals surface area contributed by atoms with E-state index in [9.17, 15) is 13.2 Å². The predicted octanol–water partition coefficient (Wildman–Crippen LogP) is 4.72. The molecule has 1 unspecified atom stereocenters. The minimum Gasteiger partial charge on any atom is -0.348 e. The smallest absolute Gasteiger partial charge is 0.264 e. The maximum Gasteiger partial charge on any atom is 0.264 e. The molecule has 0 aliphatic heterocycles. The molecule has 5 nitrogen and oxygen atoms in total. The van der Waals surface area contributed by atoms with Crippen LogP contribution >= 0.6 is 11.6 Å². The standard InChI is InChI=1S/C23H23ClN2O3S/c1-17-12-14-19(15-13-17)18(2)25-23(27)16-26(22-11-7-6-10-21(22)24)30(28,29)20-8-4-3-5-9-20/h3-15,18H,16H2,1-2H3,(H,25,27). The van der Waals surface area contributed by atoms with Crippen LogP contribution in [0.3, 0.4) is 0 Å². The number of anilines is 1. The molecule has 0 aliphatic carbocycles. The van der Waals surface area contributed by atoms with Crippen molar-refractivity contribution in [3.63, 3.8) is 0 Å². The van der Waals surface area contributed by atoms with E-state index < -0.39 is 22.5 Å². The molecule has 30 heavy (non-hydrogen) atoms. The highest BCUT2D eigenvalue weighted by Gasteiger charge is 2.28. The van der Waals surface area contributed by atoms with Crippen LogP contribution in [0.5, 0.6) is 0 Å². The van der Waals surface area contributed by atoms with Crippen molar-refractivity contribution in [3.8, 4) is 0 Å². The molecule has 0 bridgehead atoms. The molecule has 0 saturated heterocycles. The van der Waals surface area contributed by atoms with Gasteiger partial charge in [-0.05, 0) is 43.7 Å². The minimum atomic E-state index is -3.99. The van der Waals surface area contributed by atoms with E-state index in [0.29, 0.717) is 0 Å². The summed E-state index contributed by atoms with van der Waals surface area (Å²) in [4.78, 5) is 12.9. The summed E-state index contributed by atoms with van der Waals surface area (Å²) < 4.78 is 27.6. The second-order valence-electron chi connectivity index (χ2n) is 6.98. The Morgan fingerprint density at radius 3 is 2.20 bits per heavy atom. The number of rotatable bonds is 7. The van der Waals surface area contributed by atoms with Gasteiger partial charge >= 0.3 is 0 Å². The van der Waals surface area contributed by atoms with Gasteiger partial charge < -0.3 is 5.32 Å². The van der Waals surface area contributed by atoms with Gasteiger partial charge in [-0.1, -0.05) is 71.8 Å². The summed E-state index contributed by atoms with van der Waals surface area (Å²) in [6.45, 7) is 3.45. The van der Waals surface area contributed by atoms with Crippen molar-refractivity contribution in [3.05, 3.63) is 95.0 Å². The number of nitrogens with one attached hydrogen (secondary N) is 1. The van der Waals surface area contributed by atoms with E-state index in [1.54, 1.807) is 42.5 Å². The molecule has 1 N–H and O–H groups in total. The number of hydrogen-bond acceptors (Lipinski definition) is 3. The van der Waals surface area contributed by atoms with Crippen molar-refractivity contribution in [2.24, 2.45) is 0 Å². The zero-order valence-electron chi connectivity index (χ0n) is 16.7. The van der Waals surface area contributed by atoms with Crippen molar-refractivity contribution >= 4 is 33.2 Å². The minimum absolute atomic E-state index is 0.0873. The topological polar surface area (TPSA) is 66.5 Å². The molecule has 0 saturated carbocycles. The van der Waals surface area contributed by atoms with Crippen LogP contribution in [0.4, 0.5) is 5.69 Å². The van der Waals surface area contributed by atoms with Crippen LogP contribution in [0.15, 0.2) is 83.8 Å². The van der Waals surface area contributed by atoms with Crippen LogP contribution in [0.1, 0.15) is 24.1 Å². The van der Waals surface area contributed by atoms with Crippen LogP contribution in [-0.2, 0) is 14.8 Å². The van der Waals surface area contributed by atoms with Crippen molar-refractivity contribution in [2.75, 3.05) is 10.8 Å². The third kappa shape index (κ3) is 5.01. The quantitative estimate of drug-likeness (QED) is 0.575. The van der Waals surface area contributed by atoms with Crippen LogP contribution in [0.2, 0.25) is 5.02 Å². The van der Waals surface area contributed by atoms with Gasteiger partial charge in [-0.3, -0.25) is 9.10 Å². The first-order valence-electron chi connectivity index (χ1n) is 9.47. The Morgan fingerprint density at radius 2 is 1.57 bits per heavy atom. The van der Waals surface area contributed by atoms with Crippen LogP contribution in [-0.4, -0.2) is 20.9 Å². The van der Waals surface area contributed by atoms with E-state index in [1.807, 2.05) is 38.1 Å². The number of carbonyl (C=O) groups is 1. The van der Waals surface area contributed by atoms with E-state index >= 15 is 0 Å². The Bertz CT molecular complexity index is 1120. The van der Waals surface area contributed by atoms with Gasteiger partial charge in [0, 0.05) is 0 Å². The third-order valence-corrected chi connectivity index (χ3v) is 6.79. The lowest BCUT2D eigenvalue weighted by molar-refractivity contribution is -0.120. The Hall–Kier alpha value is -2.83. The highest BCUT2D eigenvalue weighted by atomic mass is 35.5. The molecule has 0 radical (unpaired) electrons. The van der Waals surface area contributed by atoms with E-state index in [0.717, 1.165) is 15.4 Å². The van der Waals surface area contributed by atoms with Gasteiger partial charge in [0.2, 0.25) is 5.91 Å². The maximum atomic E-state index is 13.3. The van der Waals surface area contributed by atoms with Crippen LogP contribution in [0, 0.1) is 6.92 Å². The fourth-order valence-corrected chi connectivity index (χ4v) is 4.78. The van der Waals surface area contributed by atoms with Gasteiger partial charge in [-0.2, -0.15) is 0 Å². The van der Waals surface area contributed by atoms with E-state index in [-0.39, 0.29) is 21.6 Å². The average Bonchev–Trinajstić information content (AvgIpc) is 2.73. The SMILES string of the molecule is Cc1ccc(C(C)NC(=O)CN(c2ccccc2Cl)S(=O)(=O)c2ccccc2)cc1. The first-order valence-corrected chi connectivity index (χ1v) is 11.3. The summed E-state index contributed by atoms with van der Waals surface area (Å²) >= 11 is 6.27. The summed E-state index contributed by atoms with van der Waals surface area (Å²) in [6, 6.07) is 22.1. The molecule has 0 aromatic heterocycles. The Labute approximate surface area is 182 Å². The van der Waals surface area contributed by atoms with Gasteiger partial charge in [0.1, 0.15) is 6.54 Å². The Kier molecular flexibility index (Phi) is 6.80. The van der Waals surface area contributed by atoms with Gasteiger partial charge in [0.25, 0.3) is 10.0 Å². The summed E-state index contributed by atoms with van der Waals surface area (Å²) in [7, 11) is -3.99. The Balaban J connectivity index is 1.88. The lowest BCUT2D eigenvalue weighted by atomic mass is 10.1. The average molecular weight is 443 g/mol. The first-order chi connectivity index (χ1) is 14.3. The molecule has 0 spiro atoms. The molecule has 0 aliphatic rings. The second kappa shape index (κ2) is 9.32. The van der Waals surface area contributed by atoms with Crippen molar-refractivity contribution in [2.45, 2.75) is 24.8 Å². The maximum absolute atomic E-state index is 13.3. The van der Waals surface area contributed by atoms with Crippen molar-refractivity contribution in [1.29, 1.82) is 0 Å². The van der Waals surface area contributed by atoms with Gasteiger partial charge in [-0.25, -0.2) is 8.42 Å². The number of aryl methyl sites for hydroxylation is 1. The lowest BCUT2D eigenvalue weighted by Crippen LogP contribution is -2.41. The molecular weight excluding hydrogens is 420 g/mol. The molecule has 1 atom stereocenters. The van der Waals surface area contributed by atoms with Gasteiger partial charge in [0.05, 0.1) is 21.6 Å². The molecule has 156 valence electrons. The van der Waals surface area contributed by atoms with Gasteiger partial charge in [0.15, 0.2) is 0 Å². The number of carbonyl (C=O) groups excluding carboxylic acids is 1. The van der Waals surface area contributed by atoms with Crippen LogP contribution < -0.4 is 9.62 Å². The number of para-hydroxylation sites is 1. The third-order valence-electron chi connectivity index (χ3n) is 4.69. The number of sulfonamides is 1. The largest absolute Gasteiger partial charge is 0.348 e. The number of nitrogens with zero attached hydrogens (tertiary/aromatic N) is 1. The number of hydrogen-bond donors (Lipinski definition) is 1. The highest BCUT2D eigenvalue weighted by Crippen LogP contribution is 2.30. The lowest BCUT2D eigenvalue weighted by Gasteiger charge is -2.26. The highest BCUT2D eigenvalue weighted by molar-refractivity contribution is 7.92. The fraction of sp³-hybridized carbons (Fsp3) is 0.174. The molecule has 1 amide bonds. The fourth-order valence-electron chi connectivity index (χ4n) is 3.03. The summed E-state index contributed by atoms with van der Waals surface area (Å²) in [5, 5.41) is 3.12. The summed E-state index contributed by atoms with van der Waals surface area (Å²) in [5.41, 5.74) is 2.31. The molecule has 7 heteroatoms. The molecule has 3 rings (SSSR count). The molecule has 3 aromatic rings. The molecule has 0 heterocycles. The molecule has 0 fully saturated rings. The predicted molar refractivity (Wildman–Crippen MR) is 120 cm³/mol. The van der Waals surface area contributed by atoms with E-state index in [4.69, 9.17) is 11.6 Å². The zero-order valence-corrected chi connectivity index (χ0v) is 18.3. The van der Waals surface area contributed by atoms with E-state index in [2.05, 4.69) is 5.32 Å². The molecular formula is C23H23ClN2O3S. The number of benzene rings is 3. The van der Waals surface area contributed by atoms with E-state index in [1.165, 1.54) is 12.1 Å². The normalized spacial score (nSPS) is 12.2. The zero-order chi connectivity index (χ0) is 21.7. The summed E-state index contributed by atoms with van der Waals surface area (Å²) in [6.07, 6.45) is 0.